The van der Waals surface area contributed by atoms with Crippen molar-refractivity contribution >= 4 is 28.8 Å². The third-order valence-electron chi connectivity index (χ3n) is 5.60. The number of amides is 1. The third-order valence-corrected chi connectivity index (χ3v) is 5.89. The number of anilines is 1. The van der Waals surface area contributed by atoms with Crippen molar-refractivity contribution < 1.29 is 14.3 Å². The number of imidazole rings is 1. The molecule has 3 heterocycles. The maximum absolute atomic E-state index is 11.7. The minimum Gasteiger partial charge on any atom is -0.496 e. The molecule has 0 bridgehead atoms. The molecule has 30 heavy (non-hydrogen) atoms. The molecule has 0 spiro atoms. The molecule has 1 aliphatic rings. The second-order valence-corrected chi connectivity index (χ2v) is 7.88. The molecule has 0 saturated carbocycles. The summed E-state index contributed by atoms with van der Waals surface area (Å²) in [6.07, 6.45) is 3.96. The number of rotatable bonds is 4. The van der Waals surface area contributed by atoms with E-state index in [1.54, 1.807) is 27.2 Å². The first kappa shape index (κ1) is 20.3. The van der Waals surface area contributed by atoms with Gasteiger partial charge in [-0.05, 0) is 19.1 Å². The van der Waals surface area contributed by atoms with Crippen LogP contribution in [0.3, 0.4) is 0 Å². The Morgan fingerprint density at radius 3 is 2.60 bits per heavy atom. The van der Waals surface area contributed by atoms with Crippen LogP contribution in [0.2, 0.25) is 5.02 Å². The first-order valence-electron chi connectivity index (χ1n) is 9.84. The number of carbonyl (C=O) groups is 1. The summed E-state index contributed by atoms with van der Waals surface area (Å²) in [5.74, 6) is 1.33. The van der Waals surface area contributed by atoms with Crippen molar-refractivity contribution in [3.05, 3.63) is 41.7 Å². The molecule has 1 saturated heterocycles. The molecule has 1 aliphatic heterocycles. The lowest BCUT2D eigenvalue weighted by atomic mass is 10.1. The standard InChI is InChI=1S/C22H25ClN4O3/c1-14-12-25(15(2)28)7-8-27(14)16-5-6-26-13-19(24-22(26)9-16)17-10-18(23)21(30-4)11-20(17)29-3/h5-6,9-11,13-14H,7-8,12H2,1-4H3. The van der Waals surface area contributed by atoms with Crippen LogP contribution in [-0.4, -0.2) is 60.1 Å². The topological polar surface area (TPSA) is 59.3 Å². The van der Waals surface area contributed by atoms with Crippen LogP contribution in [0.15, 0.2) is 36.7 Å². The molecule has 2 aromatic heterocycles. The van der Waals surface area contributed by atoms with Crippen molar-refractivity contribution in [1.29, 1.82) is 0 Å². The van der Waals surface area contributed by atoms with E-state index in [2.05, 4.69) is 24.0 Å². The average molecular weight is 429 g/mol. The second-order valence-electron chi connectivity index (χ2n) is 7.47. The number of carbonyl (C=O) groups excluding carboxylic acids is 1. The van der Waals surface area contributed by atoms with Gasteiger partial charge in [-0.15, -0.1) is 0 Å². The average Bonchev–Trinajstić information content (AvgIpc) is 3.16. The first-order valence-corrected chi connectivity index (χ1v) is 10.2. The quantitative estimate of drug-likeness (QED) is 0.633. The third kappa shape index (κ3) is 3.65. The number of hydrogen-bond acceptors (Lipinski definition) is 5. The van der Waals surface area contributed by atoms with Crippen LogP contribution in [0.5, 0.6) is 11.5 Å². The molecule has 3 aromatic rings. The first-order chi connectivity index (χ1) is 14.4. The number of halogens is 1. The van der Waals surface area contributed by atoms with Gasteiger partial charge in [0, 0.05) is 68.4 Å². The number of piperazine rings is 1. The minimum atomic E-state index is 0.127. The highest BCUT2D eigenvalue weighted by molar-refractivity contribution is 6.32. The fourth-order valence-corrected chi connectivity index (χ4v) is 4.21. The summed E-state index contributed by atoms with van der Waals surface area (Å²) < 4.78 is 12.8. The van der Waals surface area contributed by atoms with Gasteiger partial charge in [-0.1, -0.05) is 11.6 Å². The fraction of sp³-hybridized carbons (Fsp3) is 0.364. The number of hydrogen-bond donors (Lipinski definition) is 0. The summed E-state index contributed by atoms with van der Waals surface area (Å²) in [7, 11) is 3.19. The van der Waals surface area contributed by atoms with E-state index in [0.717, 1.165) is 42.2 Å². The number of methoxy groups -OCH3 is 2. The molecule has 1 fully saturated rings. The molecule has 0 N–H and O–H groups in total. The highest BCUT2D eigenvalue weighted by Crippen LogP contribution is 2.38. The monoisotopic (exact) mass is 428 g/mol. The van der Waals surface area contributed by atoms with E-state index in [4.69, 9.17) is 26.1 Å². The highest BCUT2D eigenvalue weighted by atomic mass is 35.5. The van der Waals surface area contributed by atoms with Gasteiger partial charge in [0.05, 0.1) is 24.9 Å². The number of pyridine rings is 1. The fourth-order valence-electron chi connectivity index (χ4n) is 3.97. The van der Waals surface area contributed by atoms with E-state index in [1.807, 2.05) is 27.8 Å². The van der Waals surface area contributed by atoms with Crippen molar-refractivity contribution in [2.24, 2.45) is 0 Å². The van der Waals surface area contributed by atoms with Gasteiger partial charge in [-0.2, -0.15) is 0 Å². The van der Waals surface area contributed by atoms with Crippen molar-refractivity contribution in [1.82, 2.24) is 14.3 Å². The lowest BCUT2D eigenvalue weighted by Crippen LogP contribution is -2.53. The lowest BCUT2D eigenvalue weighted by molar-refractivity contribution is -0.129. The van der Waals surface area contributed by atoms with E-state index in [9.17, 15) is 4.79 Å². The summed E-state index contributed by atoms with van der Waals surface area (Å²) in [6.45, 7) is 6.01. The van der Waals surface area contributed by atoms with Gasteiger partial charge in [0.25, 0.3) is 0 Å². The number of benzene rings is 1. The van der Waals surface area contributed by atoms with Crippen LogP contribution >= 0.6 is 11.6 Å². The molecule has 1 atom stereocenters. The number of nitrogens with zero attached hydrogens (tertiary/aromatic N) is 4. The van der Waals surface area contributed by atoms with Gasteiger partial charge in [0.2, 0.25) is 5.91 Å². The zero-order valence-electron chi connectivity index (χ0n) is 17.6. The number of ether oxygens (including phenoxy) is 2. The highest BCUT2D eigenvalue weighted by Gasteiger charge is 2.25. The summed E-state index contributed by atoms with van der Waals surface area (Å²) >= 11 is 6.33. The Morgan fingerprint density at radius 1 is 1.17 bits per heavy atom. The Hall–Kier alpha value is -2.93. The van der Waals surface area contributed by atoms with Crippen LogP contribution in [0, 0.1) is 0 Å². The number of fused-ring (bicyclic) bond motifs is 1. The zero-order chi connectivity index (χ0) is 21.4. The molecule has 1 amide bonds. The Kier molecular flexibility index (Phi) is 5.47. The van der Waals surface area contributed by atoms with Gasteiger partial charge < -0.3 is 23.7 Å². The summed E-state index contributed by atoms with van der Waals surface area (Å²) in [5, 5.41) is 0.503. The van der Waals surface area contributed by atoms with E-state index >= 15 is 0 Å². The molecular formula is C22H25ClN4O3. The Balaban J connectivity index is 1.67. The van der Waals surface area contributed by atoms with E-state index in [1.165, 1.54) is 0 Å². The molecule has 4 rings (SSSR count). The van der Waals surface area contributed by atoms with Gasteiger partial charge in [0.15, 0.2) is 0 Å². The minimum absolute atomic E-state index is 0.127. The molecule has 158 valence electrons. The molecule has 1 aromatic carbocycles. The van der Waals surface area contributed by atoms with Crippen molar-refractivity contribution in [2.75, 3.05) is 38.8 Å². The summed E-state index contributed by atoms with van der Waals surface area (Å²) in [4.78, 5) is 20.7. The number of aromatic nitrogens is 2. The summed E-state index contributed by atoms with van der Waals surface area (Å²) in [5.41, 5.74) is 3.49. The van der Waals surface area contributed by atoms with Gasteiger partial charge in [-0.25, -0.2) is 4.98 Å². The Labute approximate surface area is 180 Å². The molecular weight excluding hydrogens is 404 g/mol. The van der Waals surface area contributed by atoms with Gasteiger partial charge in [0.1, 0.15) is 17.1 Å². The lowest BCUT2D eigenvalue weighted by Gasteiger charge is -2.41. The Bertz CT molecular complexity index is 1100. The van der Waals surface area contributed by atoms with Gasteiger partial charge >= 0.3 is 0 Å². The maximum Gasteiger partial charge on any atom is 0.219 e. The van der Waals surface area contributed by atoms with Crippen molar-refractivity contribution in [3.63, 3.8) is 0 Å². The molecule has 1 unspecified atom stereocenters. The summed E-state index contributed by atoms with van der Waals surface area (Å²) in [6, 6.07) is 7.96. The predicted octanol–water partition coefficient (Wildman–Crippen LogP) is 3.73. The molecule has 7 nitrogen and oxygen atoms in total. The largest absolute Gasteiger partial charge is 0.496 e. The van der Waals surface area contributed by atoms with Crippen molar-refractivity contribution in [2.45, 2.75) is 19.9 Å². The smallest absolute Gasteiger partial charge is 0.219 e. The zero-order valence-corrected chi connectivity index (χ0v) is 18.3. The van der Waals surface area contributed by atoms with E-state index in [-0.39, 0.29) is 11.9 Å². The van der Waals surface area contributed by atoms with Gasteiger partial charge in [-0.3, -0.25) is 4.79 Å². The Morgan fingerprint density at radius 2 is 1.93 bits per heavy atom. The van der Waals surface area contributed by atoms with Crippen LogP contribution in [0.25, 0.3) is 16.9 Å². The molecule has 8 heteroatoms. The van der Waals surface area contributed by atoms with Crippen LogP contribution in [-0.2, 0) is 4.79 Å². The van der Waals surface area contributed by atoms with Crippen LogP contribution in [0.1, 0.15) is 13.8 Å². The SMILES string of the molecule is COc1cc(OC)c(-c2cn3ccc(N4CCN(C(C)=O)CC4C)cc3n2)cc1Cl. The van der Waals surface area contributed by atoms with Crippen LogP contribution < -0.4 is 14.4 Å². The second kappa shape index (κ2) is 8.07. The van der Waals surface area contributed by atoms with Crippen molar-refractivity contribution in [3.8, 4) is 22.8 Å². The maximum atomic E-state index is 11.7. The normalized spacial score (nSPS) is 16.8. The predicted molar refractivity (Wildman–Crippen MR) is 118 cm³/mol. The van der Waals surface area contributed by atoms with Crippen LogP contribution in [0.4, 0.5) is 5.69 Å². The molecule has 0 aliphatic carbocycles. The molecule has 0 radical (unpaired) electrons. The van der Waals surface area contributed by atoms with E-state index < -0.39 is 0 Å². The van der Waals surface area contributed by atoms with E-state index in [0.29, 0.717) is 16.5 Å².